The molecule has 0 fully saturated rings. The SMILES string of the molecule is COc1ccc(C#Cc2ccc(C(=O)N(CCO)c3ccccc3)cc2)cc1. The van der Waals surface area contributed by atoms with Gasteiger partial charge in [-0.3, -0.25) is 4.79 Å². The molecule has 0 saturated carbocycles. The lowest BCUT2D eigenvalue weighted by atomic mass is 10.1. The average molecular weight is 371 g/mol. The van der Waals surface area contributed by atoms with Gasteiger partial charge in [-0.15, -0.1) is 0 Å². The van der Waals surface area contributed by atoms with Crippen molar-refractivity contribution < 1.29 is 14.6 Å². The van der Waals surface area contributed by atoms with Crippen LogP contribution < -0.4 is 9.64 Å². The van der Waals surface area contributed by atoms with Gasteiger partial charge < -0.3 is 14.7 Å². The molecule has 0 saturated heterocycles. The predicted molar refractivity (Wildman–Crippen MR) is 111 cm³/mol. The Labute approximate surface area is 165 Å². The smallest absolute Gasteiger partial charge is 0.258 e. The number of carbonyl (C=O) groups is 1. The van der Waals surface area contributed by atoms with Crippen LogP contribution in [-0.2, 0) is 0 Å². The first-order chi connectivity index (χ1) is 13.7. The van der Waals surface area contributed by atoms with Crippen molar-refractivity contribution in [1.82, 2.24) is 0 Å². The Bertz CT molecular complexity index is 968. The molecule has 0 aromatic heterocycles. The van der Waals surface area contributed by atoms with Gasteiger partial charge in [-0.25, -0.2) is 0 Å². The first-order valence-corrected chi connectivity index (χ1v) is 8.95. The van der Waals surface area contributed by atoms with Gasteiger partial charge in [0.15, 0.2) is 0 Å². The summed E-state index contributed by atoms with van der Waals surface area (Å²) in [6.45, 7) is 0.133. The van der Waals surface area contributed by atoms with E-state index in [-0.39, 0.29) is 19.1 Å². The standard InChI is InChI=1S/C24H21NO3/c1-28-23-15-11-20(12-16-23)8-7-19-9-13-21(14-10-19)24(27)25(17-18-26)22-5-3-2-4-6-22/h2-6,9-16,26H,17-18H2,1H3. The number of hydrogen-bond donors (Lipinski definition) is 1. The number of rotatable bonds is 5. The van der Waals surface area contributed by atoms with Crippen LogP contribution >= 0.6 is 0 Å². The molecular formula is C24H21NO3. The fraction of sp³-hybridized carbons (Fsp3) is 0.125. The molecule has 0 aliphatic carbocycles. The number of aliphatic hydroxyl groups is 1. The average Bonchev–Trinajstić information content (AvgIpc) is 2.77. The highest BCUT2D eigenvalue weighted by molar-refractivity contribution is 6.06. The molecule has 3 rings (SSSR count). The minimum Gasteiger partial charge on any atom is -0.497 e. The number of nitrogens with zero attached hydrogens (tertiary/aromatic N) is 1. The van der Waals surface area contributed by atoms with Gasteiger partial charge in [0.1, 0.15) is 5.75 Å². The van der Waals surface area contributed by atoms with E-state index < -0.39 is 0 Å². The summed E-state index contributed by atoms with van der Waals surface area (Å²) in [7, 11) is 1.63. The van der Waals surface area contributed by atoms with E-state index in [1.54, 1.807) is 24.1 Å². The normalized spacial score (nSPS) is 9.93. The van der Waals surface area contributed by atoms with Crippen molar-refractivity contribution in [2.75, 3.05) is 25.2 Å². The monoisotopic (exact) mass is 371 g/mol. The maximum absolute atomic E-state index is 12.9. The Morgan fingerprint density at radius 1 is 0.893 bits per heavy atom. The van der Waals surface area contributed by atoms with Crippen LogP contribution in [0.1, 0.15) is 21.5 Å². The lowest BCUT2D eigenvalue weighted by Crippen LogP contribution is -2.33. The summed E-state index contributed by atoms with van der Waals surface area (Å²) in [6.07, 6.45) is 0. The molecule has 0 heterocycles. The number of anilines is 1. The van der Waals surface area contributed by atoms with Gasteiger partial charge in [0.05, 0.1) is 13.7 Å². The highest BCUT2D eigenvalue weighted by Gasteiger charge is 2.16. The topological polar surface area (TPSA) is 49.8 Å². The Balaban J connectivity index is 1.76. The highest BCUT2D eigenvalue weighted by Crippen LogP contribution is 2.17. The molecule has 28 heavy (non-hydrogen) atoms. The molecule has 0 spiro atoms. The van der Waals surface area contributed by atoms with Crippen molar-refractivity contribution in [3.8, 4) is 17.6 Å². The number of amides is 1. The molecule has 0 unspecified atom stereocenters. The number of benzene rings is 3. The summed E-state index contributed by atoms with van der Waals surface area (Å²) in [5, 5.41) is 9.33. The molecule has 3 aromatic carbocycles. The largest absolute Gasteiger partial charge is 0.497 e. The quantitative estimate of drug-likeness (QED) is 0.695. The van der Waals surface area contributed by atoms with Crippen molar-refractivity contribution in [3.63, 3.8) is 0 Å². The molecule has 0 aliphatic heterocycles. The van der Waals surface area contributed by atoms with E-state index in [1.807, 2.05) is 66.7 Å². The first-order valence-electron chi connectivity index (χ1n) is 8.95. The van der Waals surface area contributed by atoms with Crippen LogP contribution in [0, 0.1) is 11.8 Å². The Morgan fingerprint density at radius 2 is 1.46 bits per heavy atom. The summed E-state index contributed by atoms with van der Waals surface area (Å²) >= 11 is 0. The van der Waals surface area contributed by atoms with Crippen LogP contribution in [-0.4, -0.2) is 31.3 Å². The zero-order valence-corrected chi connectivity index (χ0v) is 15.6. The molecule has 4 heteroatoms. The maximum atomic E-state index is 12.9. The van der Waals surface area contributed by atoms with Gasteiger partial charge >= 0.3 is 0 Å². The number of methoxy groups -OCH3 is 1. The minimum atomic E-state index is -0.157. The van der Waals surface area contributed by atoms with Crippen LogP contribution in [0.3, 0.4) is 0 Å². The van der Waals surface area contributed by atoms with Gasteiger partial charge in [0.25, 0.3) is 5.91 Å². The van der Waals surface area contributed by atoms with E-state index in [0.717, 1.165) is 22.6 Å². The molecule has 1 amide bonds. The molecule has 0 radical (unpaired) electrons. The molecule has 0 bridgehead atoms. The minimum absolute atomic E-state index is 0.105. The fourth-order valence-electron chi connectivity index (χ4n) is 2.73. The third kappa shape index (κ3) is 4.79. The van der Waals surface area contributed by atoms with Crippen molar-refractivity contribution in [1.29, 1.82) is 0 Å². The summed E-state index contributed by atoms with van der Waals surface area (Å²) in [6, 6.07) is 24.0. The Morgan fingerprint density at radius 3 is 2.00 bits per heavy atom. The number of aliphatic hydroxyl groups excluding tert-OH is 1. The van der Waals surface area contributed by atoms with Crippen molar-refractivity contribution >= 4 is 11.6 Å². The second-order valence-corrected chi connectivity index (χ2v) is 6.07. The number of hydrogen-bond acceptors (Lipinski definition) is 3. The second kappa shape index (κ2) is 9.40. The third-order valence-corrected chi connectivity index (χ3v) is 4.21. The molecule has 140 valence electrons. The van der Waals surface area contributed by atoms with Crippen LogP contribution in [0.4, 0.5) is 5.69 Å². The van der Waals surface area contributed by atoms with Crippen LogP contribution in [0.25, 0.3) is 0 Å². The third-order valence-electron chi connectivity index (χ3n) is 4.21. The Kier molecular flexibility index (Phi) is 6.46. The summed E-state index contributed by atoms with van der Waals surface area (Å²) < 4.78 is 5.14. The summed E-state index contributed by atoms with van der Waals surface area (Å²) in [5.41, 5.74) is 3.01. The van der Waals surface area contributed by atoms with Gasteiger partial charge in [0.2, 0.25) is 0 Å². The lowest BCUT2D eigenvalue weighted by Gasteiger charge is -2.22. The zero-order valence-electron chi connectivity index (χ0n) is 15.6. The van der Waals surface area contributed by atoms with Gasteiger partial charge in [-0.1, -0.05) is 30.0 Å². The van der Waals surface area contributed by atoms with Crippen molar-refractivity contribution in [3.05, 3.63) is 95.6 Å². The molecular weight excluding hydrogens is 350 g/mol. The lowest BCUT2D eigenvalue weighted by molar-refractivity contribution is 0.0981. The van der Waals surface area contributed by atoms with Gasteiger partial charge in [0, 0.05) is 28.9 Å². The van der Waals surface area contributed by atoms with E-state index in [0.29, 0.717) is 5.56 Å². The molecule has 4 nitrogen and oxygen atoms in total. The van der Waals surface area contributed by atoms with E-state index in [2.05, 4.69) is 11.8 Å². The molecule has 0 aliphatic rings. The van der Waals surface area contributed by atoms with E-state index >= 15 is 0 Å². The summed E-state index contributed by atoms with van der Waals surface area (Å²) in [5.74, 6) is 6.82. The molecule has 0 atom stereocenters. The number of ether oxygens (including phenoxy) is 1. The van der Waals surface area contributed by atoms with E-state index in [4.69, 9.17) is 4.74 Å². The first kappa shape index (κ1) is 19.2. The molecule has 3 aromatic rings. The number of carbonyl (C=O) groups excluding carboxylic acids is 1. The Hall–Kier alpha value is -3.55. The van der Waals surface area contributed by atoms with E-state index in [9.17, 15) is 9.90 Å². The number of para-hydroxylation sites is 1. The van der Waals surface area contributed by atoms with Crippen molar-refractivity contribution in [2.24, 2.45) is 0 Å². The maximum Gasteiger partial charge on any atom is 0.258 e. The van der Waals surface area contributed by atoms with Crippen molar-refractivity contribution in [2.45, 2.75) is 0 Å². The van der Waals surface area contributed by atoms with Gasteiger partial charge in [-0.2, -0.15) is 0 Å². The fourth-order valence-corrected chi connectivity index (χ4v) is 2.73. The van der Waals surface area contributed by atoms with Crippen LogP contribution in [0.15, 0.2) is 78.9 Å². The molecule has 1 N–H and O–H groups in total. The second-order valence-electron chi connectivity index (χ2n) is 6.07. The van der Waals surface area contributed by atoms with Crippen LogP contribution in [0.2, 0.25) is 0 Å². The highest BCUT2D eigenvalue weighted by atomic mass is 16.5. The summed E-state index contributed by atoms with van der Waals surface area (Å²) in [4.78, 5) is 14.4. The van der Waals surface area contributed by atoms with Gasteiger partial charge in [-0.05, 0) is 60.7 Å². The van der Waals surface area contributed by atoms with Crippen LogP contribution in [0.5, 0.6) is 5.75 Å². The zero-order chi connectivity index (χ0) is 19.8. The predicted octanol–water partition coefficient (Wildman–Crippen LogP) is 3.73. The van der Waals surface area contributed by atoms with E-state index in [1.165, 1.54) is 0 Å².